The van der Waals surface area contributed by atoms with Crippen molar-refractivity contribution in [2.24, 2.45) is 10.8 Å². The van der Waals surface area contributed by atoms with Gasteiger partial charge in [-0.15, -0.1) is 11.3 Å². The summed E-state index contributed by atoms with van der Waals surface area (Å²) >= 11 is 1.19. The minimum absolute atomic E-state index is 0.00428. The SMILES string of the molecule is CN(c1ccc(OCC(=O)N2C[C@]3(C)C[C@H]2CC(C)(C)C3)cc1)S(=O)(=O)c1cccs1. The lowest BCUT2D eigenvalue weighted by atomic mass is 9.65. The van der Waals surface area contributed by atoms with Gasteiger partial charge in [0.15, 0.2) is 6.61 Å². The first-order chi connectivity index (χ1) is 14.5. The van der Waals surface area contributed by atoms with Crippen molar-refractivity contribution in [1.82, 2.24) is 4.90 Å². The maximum atomic E-state index is 12.9. The first-order valence-corrected chi connectivity index (χ1v) is 12.9. The van der Waals surface area contributed by atoms with Crippen LogP contribution in [0.1, 0.15) is 40.0 Å². The molecule has 1 saturated carbocycles. The van der Waals surface area contributed by atoms with Gasteiger partial charge in [-0.2, -0.15) is 0 Å². The fourth-order valence-electron chi connectivity index (χ4n) is 5.42. The van der Waals surface area contributed by atoms with Gasteiger partial charge in [0.25, 0.3) is 15.9 Å². The Balaban J connectivity index is 1.37. The largest absolute Gasteiger partial charge is 0.484 e. The van der Waals surface area contributed by atoms with Crippen molar-refractivity contribution < 1.29 is 17.9 Å². The van der Waals surface area contributed by atoms with E-state index in [-0.39, 0.29) is 23.3 Å². The number of benzene rings is 1. The summed E-state index contributed by atoms with van der Waals surface area (Å²) in [5, 5.41) is 1.74. The van der Waals surface area contributed by atoms with Crippen molar-refractivity contribution in [2.45, 2.75) is 50.3 Å². The smallest absolute Gasteiger partial charge is 0.273 e. The van der Waals surface area contributed by atoms with Gasteiger partial charge in [-0.1, -0.05) is 26.8 Å². The minimum Gasteiger partial charge on any atom is -0.484 e. The number of ether oxygens (including phenoxy) is 1. The molecule has 1 aromatic carbocycles. The second-order valence-electron chi connectivity index (χ2n) is 9.92. The van der Waals surface area contributed by atoms with Crippen LogP contribution >= 0.6 is 11.3 Å². The molecule has 4 rings (SSSR count). The first kappa shape index (κ1) is 22.1. The predicted molar refractivity (Wildman–Crippen MR) is 123 cm³/mol. The number of rotatable bonds is 6. The van der Waals surface area contributed by atoms with E-state index in [1.54, 1.807) is 41.8 Å². The quantitative estimate of drug-likeness (QED) is 0.639. The Labute approximate surface area is 188 Å². The van der Waals surface area contributed by atoms with Crippen LogP contribution in [0, 0.1) is 10.8 Å². The second kappa shape index (κ2) is 7.81. The van der Waals surface area contributed by atoms with E-state index in [1.165, 1.54) is 22.7 Å². The van der Waals surface area contributed by atoms with E-state index < -0.39 is 10.0 Å². The molecule has 2 aliphatic rings. The summed E-state index contributed by atoms with van der Waals surface area (Å²) in [7, 11) is -2.04. The van der Waals surface area contributed by atoms with Crippen molar-refractivity contribution in [3.8, 4) is 5.75 Å². The highest BCUT2D eigenvalue weighted by atomic mass is 32.2. The highest BCUT2D eigenvalue weighted by Crippen LogP contribution is 2.52. The molecular weight excluding hydrogens is 432 g/mol. The van der Waals surface area contributed by atoms with Gasteiger partial charge in [0.2, 0.25) is 0 Å². The standard InChI is InChI=1S/C23H30N2O4S2/c1-22(2)12-18-13-23(3,15-22)16-25(18)20(26)14-29-19-9-7-17(8-10-19)24(4)31(27,28)21-6-5-11-30-21/h5-11,18H,12-16H2,1-4H3/t18-,23-/m1/s1. The number of thiophene rings is 1. The molecule has 0 radical (unpaired) electrons. The maximum Gasteiger partial charge on any atom is 0.273 e. The third kappa shape index (κ3) is 4.46. The summed E-state index contributed by atoms with van der Waals surface area (Å²) in [6, 6.07) is 10.4. The molecule has 1 aromatic heterocycles. The Kier molecular flexibility index (Phi) is 5.58. The van der Waals surface area contributed by atoms with E-state index in [1.807, 2.05) is 4.90 Å². The molecule has 2 fully saturated rings. The molecule has 1 aliphatic heterocycles. The van der Waals surface area contributed by atoms with Gasteiger partial charge in [-0.3, -0.25) is 9.10 Å². The number of hydrogen-bond acceptors (Lipinski definition) is 5. The van der Waals surface area contributed by atoms with Crippen LogP contribution in [0.4, 0.5) is 5.69 Å². The molecule has 31 heavy (non-hydrogen) atoms. The average molecular weight is 463 g/mol. The lowest BCUT2D eigenvalue weighted by molar-refractivity contribution is -0.134. The van der Waals surface area contributed by atoms with E-state index in [0.29, 0.717) is 21.7 Å². The van der Waals surface area contributed by atoms with E-state index in [0.717, 1.165) is 25.8 Å². The molecule has 0 N–H and O–H groups in total. The van der Waals surface area contributed by atoms with Crippen LogP contribution in [0.5, 0.6) is 5.75 Å². The molecule has 1 saturated heterocycles. The minimum atomic E-state index is -3.57. The second-order valence-corrected chi connectivity index (χ2v) is 13.1. The molecule has 1 aliphatic carbocycles. The lowest BCUT2D eigenvalue weighted by Crippen LogP contribution is -2.40. The molecule has 1 amide bonds. The number of nitrogens with zero attached hydrogens (tertiary/aromatic N) is 2. The molecule has 0 unspecified atom stereocenters. The summed E-state index contributed by atoms with van der Waals surface area (Å²) in [5.41, 5.74) is 0.997. The van der Waals surface area contributed by atoms with E-state index in [9.17, 15) is 13.2 Å². The Hall–Kier alpha value is -2.06. The van der Waals surface area contributed by atoms with Gasteiger partial charge in [0.1, 0.15) is 9.96 Å². The van der Waals surface area contributed by atoms with Gasteiger partial charge in [0.05, 0.1) is 5.69 Å². The maximum absolute atomic E-state index is 12.9. The Morgan fingerprint density at radius 2 is 1.90 bits per heavy atom. The van der Waals surface area contributed by atoms with E-state index >= 15 is 0 Å². The van der Waals surface area contributed by atoms with Crippen molar-refractivity contribution >= 4 is 33.0 Å². The number of amides is 1. The highest BCUT2D eigenvalue weighted by molar-refractivity contribution is 7.94. The van der Waals surface area contributed by atoms with Gasteiger partial charge >= 0.3 is 0 Å². The van der Waals surface area contributed by atoms with Crippen LogP contribution in [-0.2, 0) is 14.8 Å². The predicted octanol–water partition coefficient (Wildman–Crippen LogP) is 4.38. The van der Waals surface area contributed by atoms with Gasteiger partial charge in [-0.25, -0.2) is 8.42 Å². The van der Waals surface area contributed by atoms with Crippen LogP contribution in [-0.4, -0.2) is 45.5 Å². The van der Waals surface area contributed by atoms with Gasteiger partial charge in [0, 0.05) is 19.6 Å². The number of anilines is 1. The number of carbonyl (C=O) groups excluding carboxylic acids is 1. The molecule has 2 bridgehead atoms. The van der Waals surface area contributed by atoms with Gasteiger partial charge in [-0.05, 0) is 65.8 Å². The molecule has 6 nitrogen and oxygen atoms in total. The van der Waals surface area contributed by atoms with Gasteiger partial charge < -0.3 is 9.64 Å². The molecule has 2 heterocycles. The number of likely N-dealkylation sites (tertiary alicyclic amines) is 1. The summed E-state index contributed by atoms with van der Waals surface area (Å²) in [6.07, 6.45) is 3.25. The van der Waals surface area contributed by atoms with Crippen molar-refractivity contribution in [3.63, 3.8) is 0 Å². The summed E-state index contributed by atoms with van der Waals surface area (Å²) in [4.78, 5) is 14.9. The van der Waals surface area contributed by atoms with Crippen LogP contribution in [0.3, 0.4) is 0 Å². The third-order valence-corrected chi connectivity index (χ3v) is 9.57. The summed E-state index contributed by atoms with van der Waals surface area (Å²) in [5.74, 6) is 0.570. The lowest BCUT2D eigenvalue weighted by Gasteiger charge is -2.39. The number of carbonyl (C=O) groups is 1. The van der Waals surface area contributed by atoms with Crippen LogP contribution in [0.25, 0.3) is 0 Å². The fraction of sp³-hybridized carbons (Fsp3) is 0.522. The first-order valence-electron chi connectivity index (χ1n) is 10.5. The van der Waals surface area contributed by atoms with Crippen molar-refractivity contribution in [3.05, 3.63) is 41.8 Å². The highest BCUT2D eigenvalue weighted by Gasteiger charge is 2.50. The molecule has 168 valence electrons. The molecule has 8 heteroatoms. The van der Waals surface area contributed by atoms with Crippen LogP contribution < -0.4 is 9.04 Å². The van der Waals surface area contributed by atoms with E-state index in [4.69, 9.17) is 4.74 Å². The van der Waals surface area contributed by atoms with Crippen LogP contribution in [0.15, 0.2) is 46.0 Å². The van der Waals surface area contributed by atoms with Crippen LogP contribution in [0.2, 0.25) is 0 Å². The monoisotopic (exact) mass is 462 g/mol. The fourth-order valence-corrected chi connectivity index (χ4v) is 7.77. The van der Waals surface area contributed by atoms with Crippen molar-refractivity contribution in [2.75, 3.05) is 24.5 Å². The Morgan fingerprint density at radius 3 is 2.55 bits per heavy atom. The Bertz CT molecular complexity index is 1050. The molecular formula is C23H30N2O4S2. The average Bonchev–Trinajstić information content (AvgIpc) is 3.32. The third-order valence-electron chi connectivity index (χ3n) is 6.41. The Morgan fingerprint density at radius 1 is 1.19 bits per heavy atom. The molecule has 2 atom stereocenters. The molecule has 0 spiro atoms. The number of fused-ring (bicyclic) bond motifs is 2. The number of sulfonamides is 1. The topological polar surface area (TPSA) is 66.9 Å². The molecule has 2 aromatic rings. The normalized spacial score (nSPS) is 24.8. The summed E-state index contributed by atoms with van der Waals surface area (Å²) < 4.78 is 32.6. The zero-order valence-corrected chi connectivity index (χ0v) is 20.1. The zero-order valence-electron chi connectivity index (χ0n) is 18.5. The summed E-state index contributed by atoms with van der Waals surface area (Å²) in [6.45, 7) is 7.66. The van der Waals surface area contributed by atoms with E-state index in [2.05, 4.69) is 20.8 Å². The van der Waals surface area contributed by atoms with Crippen molar-refractivity contribution in [1.29, 1.82) is 0 Å². The zero-order chi connectivity index (χ0) is 22.4. The number of hydrogen-bond donors (Lipinski definition) is 0.